The van der Waals surface area contributed by atoms with Gasteiger partial charge in [0.25, 0.3) is 0 Å². The van der Waals surface area contributed by atoms with Crippen LogP contribution in [0.3, 0.4) is 0 Å². The Morgan fingerprint density at radius 3 is 2.57 bits per heavy atom. The van der Waals surface area contributed by atoms with Crippen LogP contribution in [0.2, 0.25) is 0 Å². The molecule has 0 radical (unpaired) electrons. The summed E-state index contributed by atoms with van der Waals surface area (Å²) in [5, 5.41) is 11.4. The van der Waals surface area contributed by atoms with Gasteiger partial charge in [0.2, 0.25) is 17.7 Å². The topological polar surface area (TPSA) is 130 Å². The molecular weight excluding hydrogens is 278 g/mol. The van der Waals surface area contributed by atoms with E-state index in [0.29, 0.717) is 6.54 Å². The molecule has 0 bridgehead atoms. The standard InChI is InChI=1S/C13H19N3O5/c14-10(17)4-3-9(13(20)21)15-12(19)7-5-11(18)16(6-7)8-1-2-8/h7-9H,1-6H2,(H2,14,17)(H,15,19)(H,20,21)/t7?,9-/m0/s1. The van der Waals surface area contributed by atoms with E-state index in [-0.39, 0.29) is 31.2 Å². The third-order valence-electron chi connectivity index (χ3n) is 3.81. The molecule has 21 heavy (non-hydrogen) atoms. The zero-order chi connectivity index (χ0) is 15.6. The number of rotatable bonds is 7. The maximum Gasteiger partial charge on any atom is 0.326 e. The van der Waals surface area contributed by atoms with Crippen molar-refractivity contribution in [3.05, 3.63) is 0 Å². The monoisotopic (exact) mass is 297 g/mol. The van der Waals surface area contributed by atoms with Crippen LogP contribution in [0.25, 0.3) is 0 Å². The van der Waals surface area contributed by atoms with E-state index in [1.54, 1.807) is 4.90 Å². The number of nitrogens with one attached hydrogen (secondary N) is 1. The number of carbonyl (C=O) groups excluding carboxylic acids is 3. The fraction of sp³-hybridized carbons (Fsp3) is 0.692. The first-order valence-corrected chi connectivity index (χ1v) is 6.99. The summed E-state index contributed by atoms with van der Waals surface area (Å²) in [4.78, 5) is 47.3. The SMILES string of the molecule is NC(=O)CC[C@H](NC(=O)C1CC(=O)N(C2CC2)C1)C(=O)O. The minimum absolute atomic E-state index is 0.0522. The molecule has 0 aromatic heterocycles. The summed E-state index contributed by atoms with van der Waals surface area (Å²) in [6, 6.07) is -0.907. The highest BCUT2D eigenvalue weighted by molar-refractivity contribution is 5.91. The third-order valence-corrected chi connectivity index (χ3v) is 3.81. The van der Waals surface area contributed by atoms with E-state index in [1.165, 1.54) is 0 Å². The van der Waals surface area contributed by atoms with Crippen molar-refractivity contribution in [2.24, 2.45) is 11.7 Å². The Kier molecular flexibility index (Phi) is 4.44. The second-order valence-electron chi connectivity index (χ2n) is 5.58. The van der Waals surface area contributed by atoms with Gasteiger partial charge in [0, 0.05) is 25.4 Å². The number of hydrogen-bond donors (Lipinski definition) is 3. The lowest BCUT2D eigenvalue weighted by atomic mass is 10.1. The van der Waals surface area contributed by atoms with Crippen molar-refractivity contribution < 1.29 is 24.3 Å². The molecule has 4 N–H and O–H groups in total. The molecule has 1 unspecified atom stereocenters. The van der Waals surface area contributed by atoms with Crippen molar-refractivity contribution in [3.8, 4) is 0 Å². The second-order valence-corrected chi connectivity index (χ2v) is 5.58. The Labute approximate surface area is 121 Å². The van der Waals surface area contributed by atoms with Gasteiger partial charge in [0.15, 0.2) is 0 Å². The molecule has 2 atom stereocenters. The molecule has 2 aliphatic rings. The van der Waals surface area contributed by atoms with Crippen LogP contribution in [0.1, 0.15) is 32.1 Å². The van der Waals surface area contributed by atoms with Crippen LogP contribution < -0.4 is 11.1 Å². The summed E-state index contributed by atoms with van der Waals surface area (Å²) in [5.74, 6) is -2.86. The van der Waals surface area contributed by atoms with Gasteiger partial charge in [-0.1, -0.05) is 0 Å². The quantitative estimate of drug-likeness (QED) is 0.545. The first-order valence-electron chi connectivity index (χ1n) is 6.99. The minimum atomic E-state index is -1.21. The maximum absolute atomic E-state index is 12.1. The largest absolute Gasteiger partial charge is 0.480 e. The Morgan fingerprint density at radius 1 is 1.38 bits per heavy atom. The van der Waals surface area contributed by atoms with Crippen molar-refractivity contribution in [1.29, 1.82) is 0 Å². The molecule has 1 heterocycles. The molecule has 1 aliphatic carbocycles. The lowest BCUT2D eigenvalue weighted by molar-refractivity contribution is -0.142. The van der Waals surface area contributed by atoms with Crippen molar-refractivity contribution in [3.63, 3.8) is 0 Å². The first kappa shape index (κ1) is 15.3. The molecule has 8 heteroatoms. The van der Waals surface area contributed by atoms with Crippen LogP contribution in [-0.4, -0.2) is 52.3 Å². The molecule has 2 fully saturated rings. The van der Waals surface area contributed by atoms with E-state index in [2.05, 4.69) is 5.32 Å². The van der Waals surface area contributed by atoms with Crippen molar-refractivity contribution in [2.45, 2.75) is 44.2 Å². The van der Waals surface area contributed by atoms with Gasteiger partial charge in [0.1, 0.15) is 6.04 Å². The molecule has 3 amide bonds. The van der Waals surface area contributed by atoms with Crippen molar-refractivity contribution in [1.82, 2.24) is 10.2 Å². The van der Waals surface area contributed by atoms with Crippen LogP contribution in [-0.2, 0) is 19.2 Å². The Balaban J connectivity index is 1.88. The van der Waals surface area contributed by atoms with E-state index in [1.807, 2.05) is 0 Å². The summed E-state index contributed by atoms with van der Waals surface area (Å²) in [6.07, 6.45) is 1.88. The van der Waals surface area contributed by atoms with Crippen molar-refractivity contribution in [2.75, 3.05) is 6.54 Å². The zero-order valence-corrected chi connectivity index (χ0v) is 11.6. The predicted octanol–water partition coefficient (Wildman–Crippen LogP) is -1.17. The lowest BCUT2D eigenvalue weighted by Gasteiger charge is -2.18. The molecular formula is C13H19N3O5. The van der Waals surface area contributed by atoms with Crippen LogP contribution >= 0.6 is 0 Å². The predicted molar refractivity (Wildman–Crippen MR) is 70.8 cm³/mol. The van der Waals surface area contributed by atoms with Gasteiger partial charge < -0.3 is 21.1 Å². The number of nitrogens with zero attached hydrogens (tertiary/aromatic N) is 1. The zero-order valence-electron chi connectivity index (χ0n) is 11.6. The van der Waals surface area contributed by atoms with Crippen LogP contribution in [0.15, 0.2) is 0 Å². The molecule has 0 aromatic rings. The van der Waals surface area contributed by atoms with E-state index in [9.17, 15) is 19.2 Å². The molecule has 8 nitrogen and oxygen atoms in total. The summed E-state index contributed by atoms with van der Waals surface area (Å²) in [5.41, 5.74) is 4.97. The number of carboxylic acid groups (broad SMARTS) is 1. The fourth-order valence-corrected chi connectivity index (χ4v) is 2.48. The summed E-state index contributed by atoms with van der Waals surface area (Å²) < 4.78 is 0. The van der Waals surface area contributed by atoms with Gasteiger partial charge >= 0.3 is 5.97 Å². The number of primary amides is 1. The fourth-order valence-electron chi connectivity index (χ4n) is 2.48. The van der Waals surface area contributed by atoms with Gasteiger partial charge in [-0.2, -0.15) is 0 Å². The highest BCUT2D eigenvalue weighted by Gasteiger charge is 2.42. The summed E-state index contributed by atoms with van der Waals surface area (Å²) in [6.45, 7) is 0.345. The number of aliphatic carboxylic acids is 1. The molecule has 116 valence electrons. The maximum atomic E-state index is 12.1. The van der Waals surface area contributed by atoms with Gasteiger partial charge in [-0.3, -0.25) is 14.4 Å². The van der Waals surface area contributed by atoms with Crippen molar-refractivity contribution >= 4 is 23.7 Å². The van der Waals surface area contributed by atoms with E-state index < -0.39 is 29.7 Å². The van der Waals surface area contributed by atoms with Gasteiger partial charge in [-0.05, 0) is 19.3 Å². The van der Waals surface area contributed by atoms with Crippen LogP contribution in [0.4, 0.5) is 0 Å². The number of likely N-dealkylation sites (tertiary alicyclic amines) is 1. The Morgan fingerprint density at radius 2 is 2.05 bits per heavy atom. The Bertz CT molecular complexity index is 474. The number of amides is 3. The van der Waals surface area contributed by atoms with Crippen LogP contribution in [0, 0.1) is 5.92 Å². The van der Waals surface area contributed by atoms with Crippen LogP contribution in [0.5, 0.6) is 0 Å². The lowest BCUT2D eigenvalue weighted by Crippen LogP contribution is -2.44. The van der Waals surface area contributed by atoms with Gasteiger partial charge in [-0.15, -0.1) is 0 Å². The number of carbonyl (C=O) groups is 4. The third kappa shape index (κ3) is 3.93. The summed E-state index contributed by atoms with van der Waals surface area (Å²) >= 11 is 0. The number of nitrogens with two attached hydrogens (primary N) is 1. The normalized spacial score (nSPS) is 23.0. The Hall–Kier alpha value is -2.12. The molecule has 2 rings (SSSR count). The molecule has 0 aromatic carbocycles. The summed E-state index contributed by atoms with van der Waals surface area (Å²) in [7, 11) is 0. The van der Waals surface area contributed by atoms with E-state index in [0.717, 1.165) is 12.8 Å². The molecule has 1 aliphatic heterocycles. The molecule has 1 saturated carbocycles. The highest BCUT2D eigenvalue weighted by Crippen LogP contribution is 2.32. The van der Waals surface area contributed by atoms with Gasteiger partial charge in [-0.25, -0.2) is 4.79 Å². The average molecular weight is 297 g/mol. The second kappa shape index (κ2) is 6.11. The van der Waals surface area contributed by atoms with Gasteiger partial charge in [0.05, 0.1) is 5.92 Å². The van der Waals surface area contributed by atoms with E-state index in [4.69, 9.17) is 10.8 Å². The average Bonchev–Trinajstić information content (AvgIpc) is 3.16. The highest BCUT2D eigenvalue weighted by atomic mass is 16.4. The van der Waals surface area contributed by atoms with E-state index >= 15 is 0 Å². The number of hydrogen-bond acceptors (Lipinski definition) is 4. The minimum Gasteiger partial charge on any atom is -0.480 e. The smallest absolute Gasteiger partial charge is 0.326 e. The first-order chi connectivity index (χ1) is 9.88. The molecule has 0 spiro atoms. The molecule has 1 saturated heterocycles. The number of carboxylic acids is 1.